The summed E-state index contributed by atoms with van der Waals surface area (Å²) in [7, 11) is 0. The first-order valence-corrected chi connectivity index (χ1v) is 8.40. The standard InChI is InChI=1S/C16H25NS/c1-11(2)16(15-4-3-9-18-15)17-10-14(12-5-6-12)13-7-8-13/h3-4,9,11-14,16-17H,5-8,10H2,1-2H3. The van der Waals surface area contributed by atoms with Crippen LogP contribution in [0.2, 0.25) is 0 Å². The third-order valence-corrected chi connectivity index (χ3v) is 5.50. The molecule has 1 unspecified atom stereocenters. The monoisotopic (exact) mass is 263 g/mol. The molecule has 1 heterocycles. The van der Waals surface area contributed by atoms with Crippen molar-refractivity contribution in [2.24, 2.45) is 23.7 Å². The molecule has 1 atom stereocenters. The molecule has 1 nitrogen and oxygen atoms in total. The van der Waals surface area contributed by atoms with Gasteiger partial charge in [0.1, 0.15) is 0 Å². The van der Waals surface area contributed by atoms with Gasteiger partial charge in [0.05, 0.1) is 0 Å². The highest BCUT2D eigenvalue weighted by Gasteiger charge is 2.41. The fourth-order valence-electron chi connectivity index (χ4n) is 3.16. The van der Waals surface area contributed by atoms with Gasteiger partial charge in [0.2, 0.25) is 0 Å². The molecule has 0 radical (unpaired) electrons. The zero-order chi connectivity index (χ0) is 12.5. The molecule has 0 spiro atoms. The Bertz CT molecular complexity index is 350. The largest absolute Gasteiger partial charge is 0.309 e. The average molecular weight is 263 g/mol. The van der Waals surface area contributed by atoms with E-state index < -0.39 is 0 Å². The normalized spacial score (nSPS) is 21.8. The second kappa shape index (κ2) is 5.34. The van der Waals surface area contributed by atoms with Crippen LogP contribution in [0.5, 0.6) is 0 Å². The molecule has 0 aliphatic heterocycles. The van der Waals surface area contributed by atoms with E-state index in [0.717, 1.165) is 17.8 Å². The smallest absolute Gasteiger partial charge is 0.0438 e. The van der Waals surface area contributed by atoms with Gasteiger partial charge < -0.3 is 5.32 Å². The summed E-state index contributed by atoms with van der Waals surface area (Å²) >= 11 is 1.90. The van der Waals surface area contributed by atoms with Crippen molar-refractivity contribution in [3.05, 3.63) is 22.4 Å². The van der Waals surface area contributed by atoms with Crippen molar-refractivity contribution in [3.8, 4) is 0 Å². The Hall–Kier alpha value is -0.340. The van der Waals surface area contributed by atoms with Crippen LogP contribution < -0.4 is 5.32 Å². The molecule has 0 saturated heterocycles. The van der Waals surface area contributed by atoms with E-state index >= 15 is 0 Å². The highest BCUT2D eigenvalue weighted by molar-refractivity contribution is 7.10. The summed E-state index contributed by atoms with van der Waals surface area (Å²) in [6, 6.07) is 5.02. The van der Waals surface area contributed by atoms with Crippen LogP contribution in [-0.4, -0.2) is 6.54 Å². The maximum absolute atomic E-state index is 3.87. The lowest BCUT2D eigenvalue weighted by Crippen LogP contribution is -2.31. The molecule has 2 fully saturated rings. The Balaban J connectivity index is 1.58. The number of hydrogen-bond acceptors (Lipinski definition) is 2. The summed E-state index contributed by atoms with van der Waals surface area (Å²) in [6.07, 6.45) is 5.98. The minimum atomic E-state index is 0.560. The predicted molar refractivity (Wildman–Crippen MR) is 78.8 cm³/mol. The quantitative estimate of drug-likeness (QED) is 0.765. The molecule has 100 valence electrons. The highest BCUT2D eigenvalue weighted by Crippen LogP contribution is 2.49. The zero-order valence-corrected chi connectivity index (χ0v) is 12.4. The maximum Gasteiger partial charge on any atom is 0.0438 e. The van der Waals surface area contributed by atoms with Gasteiger partial charge in [-0.2, -0.15) is 0 Å². The fraction of sp³-hybridized carbons (Fsp3) is 0.750. The fourth-order valence-corrected chi connectivity index (χ4v) is 4.14. The van der Waals surface area contributed by atoms with E-state index in [0.29, 0.717) is 12.0 Å². The van der Waals surface area contributed by atoms with Crippen molar-refractivity contribution in [2.45, 2.75) is 45.6 Å². The molecule has 0 amide bonds. The summed E-state index contributed by atoms with van der Waals surface area (Å²) in [6.45, 7) is 5.91. The van der Waals surface area contributed by atoms with Crippen LogP contribution in [0.15, 0.2) is 17.5 Å². The molecule has 2 heteroatoms. The SMILES string of the molecule is CC(C)C(NCC(C1CC1)C1CC1)c1cccs1. The van der Waals surface area contributed by atoms with Crippen LogP contribution in [-0.2, 0) is 0 Å². The molecule has 1 aromatic heterocycles. The summed E-state index contributed by atoms with van der Waals surface area (Å²) in [4.78, 5) is 1.51. The van der Waals surface area contributed by atoms with Gasteiger partial charge in [-0.15, -0.1) is 11.3 Å². The summed E-state index contributed by atoms with van der Waals surface area (Å²) in [5.74, 6) is 3.77. The Morgan fingerprint density at radius 3 is 2.33 bits per heavy atom. The maximum atomic E-state index is 3.87. The van der Waals surface area contributed by atoms with Crippen LogP contribution in [0.25, 0.3) is 0 Å². The predicted octanol–water partition coefficient (Wildman–Crippen LogP) is 4.47. The lowest BCUT2D eigenvalue weighted by atomic mass is 9.96. The molecule has 2 aliphatic rings. The van der Waals surface area contributed by atoms with Crippen molar-refractivity contribution < 1.29 is 0 Å². The van der Waals surface area contributed by atoms with Gasteiger partial charge in [0.15, 0.2) is 0 Å². The van der Waals surface area contributed by atoms with Gasteiger partial charge in [-0.25, -0.2) is 0 Å². The van der Waals surface area contributed by atoms with E-state index in [2.05, 4.69) is 36.7 Å². The minimum Gasteiger partial charge on any atom is -0.309 e. The van der Waals surface area contributed by atoms with Crippen molar-refractivity contribution in [3.63, 3.8) is 0 Å². The number of thiophene rings is 1. The number of nitrogens with one attached hydrogen (secondary N) is 1. The average Bonchev–Trinajstić information content (AvgIpc) is 3.26. The van der Waals surface area contributed by atoms with Crippen molar-refractivity contribution >= 4 is 11.3 Å². The van der Waals surface area contributed by atoms with Gasteiger partial charge in [0.25, 0.3) is 0 Å². The lowest BCUT2D eigenvalue weighted by Gasteiger charge is -2.25. The van der Waals surface area contributed by atoms with Gasteiger partial charge in [-0.1, -0.05) is 19.9 Å². The highest BCUT2D eigenvalue weighted by atomic mass is 32.1. The minimum absolute atomic E-state index is 0.560. The van der Waals surface area contributed by atoms with Gasteiger partial charge in [-0.05, 0) is 67.3 Å². The van der Waals surface area contributed by atoms with E-state index in [1.54, 1.807) is 0 Å². The Kier molecular flexibility index (Phi) is 3.76. The molecule has 18 heavy (non-hydrogen) atoms. The van der Waals surface area contributed by atoms with Gasteiger partial charge in [0, 0.05) is 10.9 Å². The molecule has 1 aromatic rings. The molecule has 0 aromatic carbocycles. The van der Waals surface area contributed by atoms with Crippen LogP contribution >= 0.6 is 11.3 Å². The molecular weight excluding hydrogens is 238 g/mol. The number of rotatable bonds is 7. The van der Waals surface area contributed by atoms with Crippen LogP contribution in [0.1, 0.15) is 50.4 Å². The van der Waals surface area contributed by atoms with Crippen molar-refractivity contribution in [1.82, 2.24) is 5.32 Å². The van der Waals surface area contributed by atoms with Gasteiger partial charge >= 0.3 is 0 Å². The Morgan fingerprint density at radius 2 is 1.89 bits per heavy atom. The molecule has 2 aliphatic carbocycles. The second-order valence-corrected chi connectivity index (χ2v) is 7.46. The van der Waals surface area contributed by atoms with Crippen LogP contribution in [0.3, 0.4) is 0 Å². The summed E-state index contributed by atoms with van der Waals surface area (Å²) in [5, 5.41) is 6.07. The van der Waals surface area contributed by atoms with E-state index in [4.69, 9.17) is 0 Å². The Morgan fingerprint density at radius 1 is 1.22 bits per heavy atom. The molecule has 0 bridgehead atoms. The zero-order valence-electron chi connectivity index (χ0n) is 11.6. The van der Waals surface area contributed by atoms with Crippen molar-refractivity contribution in [2.75, 3.05) is 6.54 Å². The first-order chi connectivity index (χ1) is 8.75. The summed E-state index contributed by atoms with van der Waals surface area (Å²) in [5.41, 5.74) is 0. The van der Waals surface area contributed by atoms with E-state index in [-0.39, 0.29) is 0 Å². The topological polar surface area (TPSA) is 12.0 Å². The molecule has 1 N–H and O–H groups in total. The van der Waals surface area contributed by atoms with Crippen LogP contribution in [0.4, 0.5) is 0 Å². The molecule has 3 rings (SSSR count). The van der Waals surface area contributed by atoms with E-state index in [1.165, 1.54) is 37.1 Å². The summed E-state index contributed by atoms with van der Waals surface area (Å²) < 4.78 is 0. The third kappa shape index (κ3) is 2.97. The molecular formula is C16H25NS. The molecule has 2 saturated carbocycles. The Labute approximate surface area is 115 Å². The van der Waals surface area contributed by atoms with E-state index in [9.17, 15) is 0 Å². The van der Waals surface area contributed by atoms with Crippen LogP contribution in [0, 0.1) is 23.7 Å². The third-order valence-electron chi connectivity index (χ3n) is 4.54. The first-order valence-electron chi connectivity index (χ1n) is 7.52. The van der Waals surface area contributed by atoms with Gasteiger partial charge in [-0.3, -0.25) is 0 Å². The lowest BCUT2D eigenvalue weighted by molar-refractivity contribution is 0.327. The van der Waals surface area contributed by atoms with E-state index in [1.807, 2.05) is 11.3 Å². The number of hydrogen-bond donors (Lipinski definition) is 1. The second-order valence-electron chi connectivity index (χ2n) is 6.48. The van der Waals surface area contributed by atoms with Crippen molar-refractivity contribution in [1.29, 1.82) is 0 Å². The first kappa shape index (κ1) is 12.7.